The Kier molecular flexibility index (Phi) is 21.2. The molecular formula is C35H54N4S. The molecule has 0 aliphatic rings. The minimum absolute atomic E-state index is 0.0905. The molecule has 1 atom stereocenters. The van der Waals surface area contributed by atoms with Crippen molar-refractivity contribution in [1.82, 2.24) is 10.2 Å². The first-order valence-electron chi connectivity index (χ1n) is 14.8. The van der Waals surface area contributed by atoms with Gasteiger partial charge in [-0.25, -0.2) is 4.99 Å². The van der Waals surface area contributed by atoms with E-state index in [1.54, 1.807) is 11.8 Å². The number of rotatable bonds is 15. The molecule has 0 aromatic heterocycles. The van der Waals surface area contributed by atoms with Gasteiger partial charge in [0.15, 0.2) is 0 Å². The minimum atomic E-state index is 0.0905. The Balaban J connectivity index is 0.00000363. The first-order chi connectivity index (χ1) is 19.4. The molecule has 220 valence electrons. The Morgan fingerprint density at radius 2 is 1.62 bits per heavy atom. The molecule has 0 saturated carbocycles. The van der Waals surface area contributed by atoms with Gasteiger partial charge in [-0.05, 0) is 71.1 Å². The number of hydrogen-bond acceptors (Lipinski definition) is 5. The summed E-state index contributed by atoms with van der Waals surface area (Å²) in [6, 6.07) is 18.8. The maximum atomic E-state index is 4.96. The number of nitrogens with one attached hydrogen (secondary N) is 1. The quantitative estimate of drug-likeness (QED) is 0.173. The third-order valence-electron chi connectivity index (χ3n) is 5.63. The van der Waals surface area contributed by atoms with Gasteiger partial charge in [0.25, 0.3) is 0 Å². The minimum Gasteiger partial charge on any atom is -0.364 e. The van der Waals surface area contributed by atoms with Crippen molar-refractivity contribution in [3.63, 3.8) is 0 Å². The van der Waals surface area contributed by atoms with Crippen LogP contribution in [0.2, 0.25) is 0 Å². The molecule has 0 spiro atoms. The van der Waals surface area contributed by atoms with Crippen LogP contribution in [0.1, 0.15) is 91.0 Å². The zero-order valence-corrected chi connectivity index (χ0v) is 27.4. The molecule has 2 aromatic carbocycles. The molecule has 0 radical (unpaired) electrons. The van der Waals surface area contributed by atoms with Gasteiger partial charge in [0.2, 0.25) is 0 Å². The van der Waals surface area contributed by atoms with Crippen LogP contribution in [0.4, 0.5) is 0 Å². The fourth-order valence-corrected chi connectivity index (χ4v) is 5.10. The van der Waals surface area contributed by atoms with E-state index in [0.717, 1.165) is 53.7 Å². The first kappa shape index (κ1) is 37.1. The zero-order valence-electron chi connectivity index (χ0n) is 26.6. The molecule has 1 N–H and O–H groups in total. The van der Waals surface area contributed by atoms with E-state index in [9.17, 15) is 0 Å². The maximum absolute atomic E-state index is 4.96. The highest BCUT2D eigenvalue weighted by Crippen LogP contribution is 2.31. The van der Waals surface area contributed by atoms with Crippen molar-refractivity contribution in [2.45, 2.75) is 81.2 Å². The summed E-state index contributed by atoms with van der Waals surface area (Å²) < 4.78 is 0. The SMILES string of the molecule is C=N/C(=C(SCN(CCC)CCC)/C(/C=C\C)=N/C(=C)NC(C)c1ccccc1)c1cccc(C)c1.CC.CC. The van der Waals surface area contributed by atoms with E-state index >= 15 is 0 Å². The number of hydrogen-bond donors (Lipinski definition) is 1. The highest BCUT2D eigenvalue weighted by atomic mass is 32.2. The molecule has 0 fully saturated rings. The van der Waals surface area contributed by atoms with E-state index in [1.807, 2.05) is 65.0 Å². The molecule has 40 heavy (non-hydrogen) atoms. The van der Waals surface area contributed by atoms with Gasteiger partial charge in [-0.1, -0.05) is 108 Å². The van der Waals surface area contributed by atoms with Gasteiger partial charge in [-0.15, -0.1) is 11.8 Å². The summed E-state index contributed by atoms with van der Waals surface area (Å²) in [6.07, 6.45) is 6.30. The number of allylic oxidation sites excluding steroid dienone is 3. The van der Waals surface area contributed by atoms with Crippen LogP contribution in [-0.4, -0.2) is 36.3 Å². The molecule has 0 aliphatic carbocycles. The molecular weight excluding hydrogens is 508 g/mol. The van der Waals surface area contributed by atoms with E-state index in [4.69, 9.17) is 4.99 Å². The predicted molar refractivity (Wildman–Crippen MR) is 184 cm³/mol. The highest BCUT2D eigenvalue weighted by molar-refractivity contribution is 8.04. The lowest BCUT2D eigenvalue weighted by molar-refractivity contribution is 0.322. The Morgan fingerprint density at radius 1 is 1.00 bits per heavy atom. The Morgan fingerprint density at radius 3 is 2.15 bits per heavy atom. The lowest BCUT2D eigenvalue weighted by atomic mass is 10.1. The largest absolute Gasteiger partial charge is 0.364 e. The van der Waals surface area contributed by atoms with Gasteiger partial charge < -0.3 is 5.32 Å². The number of aryl methyl sites for hydroxylation is 1. The average Bonchev–Trinajstić information content (AvgIpc) is 2.97. The molecule has 5 heteroatoms. The van der Waals surface area contributed by atoms with Crippen LogP contribution in [-0.2, 0) is 0 Å². The predicted octanol–water partition coefficient (Wildman–Crippen LogP) is 10.1. The topological polar surface area (TPSA) is 40.0 Å². The molecule has 1 unspecified atom stereocenters. The number of benzene rings is 2. The summed E-state index contributed by atoms with van der Waals surface area (Å²) in [5.41, 5.74) is 5.09. The van der Waals surface area contributed by atoms with Crippen molar-refractivity contribution < 1.29 is 0 Å². The van der Waals surface area contributed by atoms with E-state index in [2.05, 4.69) is 92.6 Å². The number of thioether (sulfide) groups is 1. The van der Waals surface area contributed by atoms with Crippen LogP contribution in [0.5, 0.6) is 0 Å². The van der Waals surface area contributed by atoms with Crippen molar-refractivity contribution in [2.24, 2.45) is 9.98 Å². The van der Waals surface area contributed by atoms with Crippen molar-refractivity contribution in [1.29, 1.82) is 0 Å². The second kappa shape index (κ2) is 22.9. The fourth-order valence-electron chi connectivity index (χ4n) is 3.95. The normalized spacial score (nSPS) is 12.5. The lowest BCUT2D eigenvalue weighted by Gasteiger charge is -2.22. The fraction of sp³-hybridized carbons (Fsp3) is 0.429. The summed E-state index contributed by atoms with van der Waals surface area (Å²) in [5, 5.41) is 3.45. The smallest absolute Gasteiger partial charge is 0.119 e. The van der Waals surface area contributed by atoms with Crippen LogP contribution in [0, 0.1) is 6.92 Å². The second-order valence-electron chi connectivity index (χ2n) is 8.82. The summed E-state index contributed by atoms with van der Waals surface area (Å²) in [5.74, 6) is 1.47. The van der Waals surface area contributed by atoms with E-state index in [0.29, 0.717) is 5.82 Å². The standard InChI is InChI=1S/C31H42N4S.2C2H6/c1-8-15-29(34-26(6)33-25(5)27-17-12-11-13-18-27)31(36-23-35(20-9-2)21-10-3)30(32-7)28-19-14-16-24(4)22-28;2*1-2/h8,11-19,22,25,33H,6-7,9-10,20-21,23H2,1-5H3;2*1-2H3/b15-8-,31-30-,34-29+;;. The van der Waals surface area contributed by atoms with E-state index in [-0.39, 0.29) is 6.04 Å². The van der Waals surface area contributed by atoms with Gasteiger partial charge in [0, 0.05) is 17.5 Å². The summed E-state index contributed by atoms with van der Waals surface area (Å²) in [6.45, 7) is 29.0. The van der Waals surface area contributed by atoms with Crippen LogP contribution in [0.3, 0.4) is 0 Å². The first-order valence-corrected chi connectivity index (χ1v) is 15.8. The lowest BCUT2D eigenvalue weighted by Crippen LogP contribution is -2.25. The monoisotopic (exact) mass is 562 g/mol. The Labute approximate surface area is 250 Å². The zero-order chi connectivity index (χ0) is 30.3. The van der Waals surface area contributed by atoms with Gasteiger partial charge >= 0.3 is 0 Å². The molecule has 0 saturated heterocycles. The average molecular weight is 563 g/mol. The van der Waals surface area contributed by atoms with Crippen molar-refractivity contribution in [3.05, 3.63) is 101 Å². The highest BCUT2D eigenvalue weighted by Gasteiger charge is 2.17. The molecule has 0 heterocycles. The molecule has 0 bridgehead atoms. The number of aliphatic imine (C=N–C) groups is 2. The number of nitrogens with zero attached hydrogens (tertiary/aromatic N) is 3. The van der Waals surface area contributed by atoms with Crippen LogP contribution >= 0.6 is 11.8 Å². The molecule has 4 nitrogen and oxygen atoms in total. The molecule has 2 rings (SSSR count). The third kappa shape index (κ3) is 13.5. The van der Waals surface area contributed by atoms with Crippen molar-refractivity contribution in [3.8, 4) is 0 Å². The van der Waals surface area contributed by atoms with Gasteiger partial charge in [-0.3, -0.25) is 9.89 Å². The Hall–Kier alpha value is -2.89. The summed E-state index contributed by atoms with van der Waals surface area (Å²) in [7, 11) is 0. The van der Waals surface area contributed by atoms with E-state index < -0.39 is 0 Å². The summed E-state index contributed by atoms with van der Waals surface area (Å²) in [4.78, 5) is 13.0. The van der Waals surface area contributed by atoms with Crippen LogP contribution < -0.4 is 5.32 Å². The Bertz CT molecular complexity index is 1060. The van der Waals surface area contributed by atoms with Crippen molar-refractivity contribution >= 4 is 29.9 Å². The summed E-state index contributed by atoms with van der Waals surface area (Å²) >= 11 is 1.77. The van der Waals surface area contributed by atoms with E-state index in [1.165, 1.54) is 11.1 Å². The van der Waals surface area contributed by atoms with Crippen LogP contribution in [0.15, 0.2) is 94.0 Å². The van der Waals surface area contributed by atoms with Gasteiger partial charge in [-0.2, -0.15) is 0 Å². The van der Waals surface area contributed by atoms with Gasteiger partial charge in [0.05, 0.1) is 16.3 Å². The molecule has 0 amide bonds. The van der Waals surface area contributed by atoms with Crippen molar-refractivity contribution in [2.75, 3.05) is 19.0 Å². The van der Waals surface area contributed by atoms with Crippen LogP contribution in [0.25, 0.3) is 5.70 Å². The third-order valence-corrected chi connectivity index (χ3v) is 6.82. The molecule has 0 aliphatic heterocycles. The second-order valence-corrected chi connectivity index (χ2v) is 9.77. The van der Waals surface area contributed by atoms with Gasteiger partial charge in [0.1, 0.15) is 5.82 Å². The molecule has 2 aromatic rings. The maximum Gasteiger partial charge on any atom is 0.119 e.